The van der Waals surface area contributed by atoms with Crippen LogP contribution in [0.4, 0.5) is 0 Å². The molecule has 0 radical (unpaired) electrons. The minimum atomic E-state index is -0.256. The molecule has 3 nitrogen and oxygen atoms in total. The van der Waals surface area contributed by atoms with Gasteiger partial charge in [-0.1, -0.05) is 11.6 Å². The van der Waals surface area contributed by atoms with E-state index in [4.69, 9.17) is 11.6 Å². The number of hydrogen-bond acceptors (Lipinski definition) is 2. The number of H-pyrrole nitrogens is 1. The van der Waals surface area contributed by atoms with Crippen molar-refractivity contribution in [2.75, 3.05) is 0 Å². The molecule has 0 aliphatic rings. The Morgan fingerprint density at radius 2 is 2.30 bits per heavy atom. The molecule has 0 saturated carbocycles. The molecule has 5 heteroatoms. The van der Waals surface area contributed by atoms with Crippen LogP contribution in [0.3, 0.4) is 0 Å². The van der Waals surface area contributed by atoms with Crippen LogP contribution in [0.15, 0.2) is 9.40 Å². The summed E-state index contributed by atoms with van der Waals surface area (Å²) in [7, 11) is 0. The number of hydrogen-bond donors (Lipinski definition) is 1. The van der Waals surface area contributed by atoms with E-state index in [9.17, 15) is 4.79 Å². The molecule has 1 N–H and O–H groups in total. The molecular formula is C5H4BrClN2O. The van der Waals surface area contributed by atoms with Crippen LogP contribution in [0.5, 0.6) is 0 Å². The van der Waals surface area contributed by atoms with Crippen molar-refractivity contribution in [1.29, 1.82) is 0 Å². The molecule has 0 unspecified atom stereocenters. The highest BCUT2D eigenvalue weighted by atomic mass is 79.9. The summed E-state index contributed by atoms with van der Waals surface area (Å²) in [6.07, 6.45) is 0. The Morgan fingerprint density at radius 3 is 2.80 bits per heavy atom. The summed E-state index contributed by atoms with van der Waals surface area (Å²) >= 11 is 8.72. The summed E-state index contributed by atoms with van der Waals surface area (Å²) in [6.45, 7) is 1.63. The van der Waals surface area contributed by atoms with Gasteiger partial charge in [0.25, 0.3) is 5.56 Å². The van der Waals surface area contributed by atoms with Crippen LogP contribution < -0.4 is 5.56 Å². The van der Waals surface area contributed by atoms with Gasteiger partial charge in [-0.15, -0.1) is 0 Å². The molecule has 0 fully saturated rings. The SMILES string of the molecule is Cc1c(Cl)c(Br)n[nH]c1=O. The van der Waals surface area contributed by atoms with Crippen molar-refractivity contribution in [1.82, 2.24) is 10.2 Å². The summed E-state index contributed by atoms with van der Waals surface area (Å²) in [5.41, 5.74) is 0.219. The van der Waals surface area contributed by atoms with E-state index in [0.29, 0.717) is 15.2 Å². The largest absolute Gasteiger partial charge is 0.268 e. The van der Waals surface area contributed by atoms with Crippen molar-refractivity contribution in [3.63, 3.8) is 0 Å². The Balaban J connectivity index is 3.49. The second-order valence-corrected chi connectivity index (χ2v) is 2.91. The Labute approximate surface area is 70.5 Å². The van der Waals surface area contributed by atoms with Crippen molar-refractivity contribution >= 4 is 27.5 Å². The van der Waals surface area contributed by atoms with Gasteiger partial charge in [-0.25, -0.2) is 5.10 Å². The predicted octanol–water partition coefficient (Wildman–Crippen LogP) is 1.49. The zero-order chi connectivity index (χ0) is 7.72. The van der Waals surface area contributed by atoms with Crippen LogP contribution in [-0.2, 0) is 0 Å². The fourth-order valence-electron chi connectivity index (χ4n) is 0.487. The van der Waals surface area contributed by atoms with Gasteiger partial charge in [0.1, 0.15) is 4.60 Å². The predicted molar refractivity (Wildman–Crippen MR) is 42.3 cm³/mol. The monoisotopic (exact) mass is 222 g/mol. The maximum absolute atomic E-state index is 10.8. The highest BCUT2D eigenvalue weighted by Crippen LogP contribution is 2.19. The molecule has 0 atom stereocenters. The minimum absolute atomic E-state index is 0.256. The molecule has 0 bridgehead atoms. The first kappa shape index (κ1) is 7.75. The molecular weight excluding hydrogens is 219 g/mol. The Kier molecular flexibility index (Phi) is 2.11. The first-order valence-electron chi connectivity index (χ1n) is 2.53. The van der Waals surface area contributed by atoms with E-state index in [2.05, 4.69) is 26.1 Å². The highest BCUT2D eigenvalue weighted by molar-refractivity contribution is 9.10. The average molecular weight is 223 g/mol. The van der Waals surface area contributed by atoms with Gasteiger partial charge in [-0.3, -0.25) is 4.79 Å². The van der Waals surface area contributed by atoms with E-state index >= 15 is 0 Å². The van der Waals surface area contributed by atoms with Crippen LogP contribution in [0, 0.1) is 6.92 Å². The van der Waals surface area contributed by atoms with Gasteiger partial charge in [-0.05, 0) is 22.9 Å². The van der Waals surface area contributed by atoms with Crippen molar-refractivity contribution in [3.05, 3.63) is 25.5 Å². The zero-order valence-corrected chi connectivity index (χ0v) is 7.45. The van der Waals surface area contributed by atoms with Gasteiger partial charge in [0.05, 0.1) is 5.02 Å². The number of nitrogens with one attached hydrogen (secondary N) is 1. The third kappa shape index (κ3) is 1.22. The van der Waals surface area contributed by atoms with Crippen molar-refractivity contribution in [3.8, 4) is 0 Å². The summed E-state index contributed by atoms with van der Waals surface area (Å²) in [6, 6.07) is 0. The van der Waals surface area contributed by atoms with Crippen LogP contribution in [0.25, 0.3) is 0 Å². The van der Waals surface area contributed by atoms with Gasteiger partial charge in [0.15, 0.2) is 0 Å². The quantitative estimate of drug-likeness (QED) is 0.724. The van der Waals surface area contributed by atoms with Gasteiger partial charge in [0, 0.05) is 5.56 Å². The van der Waals surface area contributed by atoms with Crippen LogP contribution in [0.1, 0.15) is 5.56 Å². The second kappa shape index (κ2) is 2.72. The molecule has 0 aliphatic carbocycles. The van der Waals surface area contributed by atoms with E-state index in [1.807, 2.05) is 0 Å². The number of rotatable bonds is 0. The molecule has 1 aromatic heterocycles. The number of aromatic nitrogens is 2. The lowest BCUT2D eigenvalue weighted by Gasteiger charge is -1.95. The fraction of sp³-hybridized carbons (Fsp3) is 0.200. The Hall–Kier alpha value is -0.350. The second-order valence-electron chi connectivity index (χ2n) is 1.78. The maximum Gasteiger partial charge on any atom is 0.268 e. The van der Waals surface area contributed by atoms with Crippen molar-refractivity contribution in [2.24, 2.45) is 0 Å². The maximum atomic E-state index is 10.8. The standard InChI is InChI=1S/C5H4BrClN2O/c1-2-3(7)4(6)8-9-5(2)10/h1H3,(H,9,10). The van der Waals surface area contributed by atoms with E-state index in [0.717, 1.165) is 0 Å². The van der Waals surface area contributed by atoms with E-state index in [1.54, 1.807) is 6.92 Å². The lowest BCUT2D eigenvalue weighted by molar-refractivity contribution is 0.948. The van der Waals surface area contributed by atoms with Gasteiger partial charge < -0.3 is 0 Å². The Morgan fingerprint density at radius 1 is 1.70 bits per heavy atom. The molecule has 0 amide bonds. The summed E-state index contributed by atoms with van der Waals surface area (Å²) in [5, 5.41) is 6.22. The third-order valence-corrected chi connectivity index (χ3v) is 2.37. The van der Waals surface area contributed by atoms with E-state index in [-0.39, 0.29) is 5.56 Å². The topological polar surface area (TPSA) is 45.8 Å². The van der Waals surface area contributed by atoms with Crippen molar-refractivity contribution in [2.45, 2.75) is 6.92 Å². The van der Waals surface area contributed by atoms with E-state index in [1.165, 1.54) is 0 Å². The van der Waals surface area contributed by atoms with Gasteiger partial charge in [-0.2, -0.15) is 5.10 Å². The molecule has 1 heterocycles. The minimum Gasteiger partial charge on any atom is -0.268 e. The lowest BCUT2D eigenvalue weighted by atomic mass is 10.3. The third-order valence-electron chi connectivity index (χ3n) is 1.11. The molecule has 54 valence electrons. The molecule has 0 aliphatic heterocycles. The number of halogens is 2. The molecule has 1 rings (SSSR count). The first-order valence-corrected chi connectivity index (χ1v) is 3.70. The van der Waals surface area contributed by atoms with Gasteiger partial charge in [0.2, 0.25) is 0 Å². The van der Waals surface area contributed by atoms with Crippen molar-refractivity contribution < 1.29 is 0 Å². The molecule has 0 saturated heterocycles. The summed E-state index contributed by atoms with van der Waals surface area (Å²) in [4.78, 5) is 10.8. The number of nitrogens with zero attached hydrogens (tertiary/aromatic N) is 1. The first-order chi connectivity index (χ1) is 4.63. The fourth-order valence-corrected chi connectivity index (χ4v) is 1.00. The molecule has 0 spiro atoms. The zero-order valence-electron chi connectivity index (χ0n) is 5.11. The Bertz CT molecular complexity index is 309. The van der Waals surface area contributed by atoms with Gasteiger partial charge >= 0.3 is 0 Å². The highest BCUT2D eigenvalue weighted by Gasteiger charge is 2.03. The lowest BCUT2D eigenvalue weighted by Crippen LogP contribution is -2.11. The molecule has 0 aromatic carbocycles. The molecule has 10 heavy (non-hydrogen) atoms. The normalized spacial score (nSPS) is 9.90. The summed E-state index contributed by atoms with van der Waals surface area (Å²) < 4.78 is 0.464. The van der Waals surface area contributed by atoms with Crippen LogP contribution in [0.2, 0.25) is 5.02 Å². The average Bonchev–Trinajstić information content (AvgIpc) is 1.93. The number of aromatic amines is 1. The smallest absolute Gasteiger partial charge is 0.268 e. The van der Waals surface area contributed by atoms with E-state index < -0.39 is 0 Å². The van der Waals surface area contributed by atoms with Crippen LogP contribution in [-0.4, -0.2) is 10.2 Å². The molecule has 1 aromatic rings. The summed E-state index contributed by atoms with van der Waals surface area (Å²) in [5.74, 6) is 0. The van der Waals surface area contributed by atoms with Crippen LogP contribution >= 0.6 is 27.5 Å².